The Labute approximate surface area is 130 Å². The maximum absolute atomic E-state index is 6.74. The lowest BCUT2D eigenvalue weighted by molar-refractivity contribution is 0.330. The molecule has 0 bridgehead atoms. The minimum atomic E-state index is 0.0268. The third kappa shape index (κ3) is 5.00. The number of hydrogen-bond donors (Lipinski definition) is 0. The van der Waals surface area contributed by atoms with Crippen molar-refractivity contribution in [1.82, 2.24) is 0 Å². The van der Waals surface area contributed by atoms with Crippen molar-refractivity contribution in [2.45, 2.75) is 51.8 Å². The van der Waals surface area contributed by atoms with Gasteiger partial charge < -0.3 is 4.74 Å². The van der Waals surface area contributed by atoms with Crippen LogP contribution in [0, 0.1) is 5.92 Å². The zero-order valence-corrected chi connectivity index (χ0v) is 14.4. The van der Waals surface area contributed by atoms with E-state index in [-0.39, 0.29) is 5.38 Å². The van der Waals surface area contributed by atoms with Gasteiger partial charge in [-0.15, -0.1) is 11.6 Å². The van der Waals surface area contributed by atoms with Crippen molar-refractivity contribution >= 4 is 27.5 Å². The topological polar surface area (TPSA) is 9.23 Å². The summed E-state index contributed by atoms with van der Waals surface area (Å²) in [6, 6.07) is 6.11. The summed E-state index contributed by atoms with van der Waals surface area (Å²) in [4.78, 5) is 0. The monoisotopic (exact) mass is 346 g/mol. The number of halogens is 2. The van der Waals surface area contributed by atoms with E-state index in [1.54, 1.807) is 0 Å². The van der Waals surface area contributed by atoms with Gasteiger partial charge in [0.1, 0.15) is 5.75 Å². The number of alkyl halides is 1. The van der Waals surface area contributed by atoms with Crippen LogP contribution in [0.15, 0.2) is 22.7 Å². The molecule has 0 aliphatic carbocycles. The third-order valence-corrected chi connectivity index (χ3v) is 4.39. The van der Waals surface area contributed by atoms with Crippen molar-refractivity contribution in [3.8, 4) is 5.75 Å². The van der Waals surface area contributed by atoms with E-state index in [2.05, 4.69) is 35.8 Å². The second-order valence-corrected chi connectivity index (χ2v) is 6.24. The van der Waals surface area contributed by atoms with Crippen LogP contribution in [0.4, 0.5) is 0 Å². The summed E-state index contributed by atoms with van der Waals surface area (Å²) in [5.74, 6) is 1.44. The van der Waals surface area contributed by atoms with E-state index in [0.29, 0.717) is 12.5 Å². The molecule has 0 aromatic heterocycles. The summed E-state index contributed by atoms with van der Waals surface area (Å²) in [6.45, 7) is 7.11. The first-order chi connectivity index (χ1) is 9.13. The lowest BCUT2D eigenvalue weighted by Crippen LogP contribution is -2.10. The molecule has 0 aliphatic rings. The minimum absolute atomic E-state index is 0.0268. The molecule has 0 saturated carbocycles. The van der Waals surface area contributed by atoms with Crippen LogP contribution in [0.3, 0.4) is 0 Å². The summed E-state index contributed by atoms with van der Waals surface area (Å²) in [7, 11) is 0. The van der Waals surface area contributed by atoms with Gasteiger partial charge in [0.15, 0.2) is 0 Å². The molecule has 0 amide bonds. The Bertz CT molecular complexity index is 375. The molecule has 1 nitrogen and oxygen atoms in total. The predicted octanol–water partition coefficient (Wildman–Crippen LogP) is 6.34. The van der Waals surface area contributed by atoms with Crippen molar-refractivity contribution in [1.29, 1.82) is 0 Å². The fraction of sp³-hybridized carbons (Fsp3) is 0.625. The molecule has 0 aliphatic heterocycles. The first-order valence-corrected chi connectivity index (χ1v) is 8.43. The van der Waals surface area contributed by atoms with Crippen molar-refractivity contribution in [3.63, 3.8) is 0 Å². The average Bonchev–Trinajstić information content (AvgIpc) is 2.40. The molecule has 1 aromatic carbocycles. The molecular formula is C16H24BrClO. The van der Waals surface area contributed by atoms with E-state index in [4.69, 9.17) is 16.3 Å². The third-order valence-electron chi connectivity index (χ3n) is 3.30. The highest BCUT2D eigenvalue weighted by Gasteiger charge is 2.23. The van der Waals surface area contributed by atoms with Gasteiger partial charge in [0, 0.05) is 10.0 Å². The zero-order chi connectivity index (χ0) is 14.3. The van der Waals surface area contributed by atoms with Crippen LogP contribution in [0.2, 0.25) is 0 Å². The maximum atomic E-state index is 6.74. The number of hydrogen-bond acceptors (Lipinski definition) is 1. The Kier molecular flexibility index (Phi) is 7.86. The van der Waals surface area contributed by atoms with Crippen LogP contribution in [-0.4, -0.2) is 6.61 Å². The highest BCUT2D eigenvalue weighted by Crippen LogP contribution is 2.40. The maximum Gasteiger partial charge on any atom is 0.124 e. The van der Waals surface area contributed by atoms with Crippen LogP contribution >= 0.6 is 27.5 Å². The molecule has 1 rings (SSSR count). The van der Waals surface area contributed by atoms with Gasteiger partial charge in [0.05, 0.1) is 12.0 Å². The largest absolute Gasteiger partial charge is 0.494 e. The summed E-state index contributed by atoms with van der Waals surface area (Å²) in [5.41, 5.74) is 1.12. The van der Waals surface area contributed by atoms with E-state index in [1.165, 1.54) is 25.7 Å². The molecule has 0 heterocycles. The van der Waals surface area contributed by atoms with Crippen LogP contribution in [0.25, 0.3) is 0 Å². The number of benzene rings is 1. The summed E-state index contributed by atoms with van der Waals surface area (Å²) >= 11 is 10.3. The Hall–Kier alpha value is -0.210. The van der Waals surface area contributed by atoms with E-state index in [9.17, 15) is 0 Å². The SMILES string of the molecule is CCCC(CCC)C(Cl)c1cc(Br)ccc1OCC. The average molecular weight is 348 g/mol. The Morgan fingerprint density at radius 2 is 1.79 bits per heavy atom. The molecule has 19 heavy (non-hydrogen) atoms. The van der Waals surface area contributed by atoms with Crippen molar-refractivity contribution in [2.24, 2.45) is 5.92 Å². The molecule has 0 spiro atoms. The Morgan fingerprint density at radius 3 is 2.32 bits per heavy atom. The fourth-order valence-electron chi connectivity index (χ4n) is 2.45. The molecule has 0 radical (unpaired) electrons. The number of rotatable bonds is 8. The fourth-order valence-corrected chi connectivity index (χ4v) is 3.26. The lowest BCUT2D eigenvalue weighted by Gasteiger charge is -2.24. The van der Waals surface area contributed by atoms with E-state index >= 15 is 0 Å². The van der Waals surface area contributed by atoms with Gasteiger partial charge in [0.25, 0.3) is 0 Å². The van der Waals surface area contributed by atoms with Gasteiger partial charge in [-0.05, 0) is 43.9 Å². The second kappa shape index (κ2) is 8.86. The van der Waals surface area contributed by atoms with Crippen molar-refractivity contribution in [3.05, 3.63) is 28.2 Å². The predicted molar refractivity (Wildman–Crippen MR) is 87.2 cm³/mol. The normalized spacial score (nSPS) is 12.7. The summed E-state index contributed by atoms with van der Waals surface area (Å²) in [5, 5.41) is 0.0268. The van der Waals surface area contributed by atoms with Gasteiger partial charge in [-0.2, -0.15) is 0 Å². The van der Waals surface area contributed by atoms with Crippen molar-refractivity contribution < 1.29 is 4.74 Å². The lowest BCUT2D eigenvalue weighted by atomic mass is 9.90. The van der Waals surface area contributed by atoms with Gasteiger partial charge in [0.2, 0.25) is 0 Å². The molecule has 0 fully saturated rings. The summed E-state index contributed by atoms with van der Waals surface area (Å²) in [6.07, 6.45) is 4.68. The van der Waals surface area contributed by atoms with Gasteiger partial charge in [-0.1, -0.05) is 42.6 Å². The quantitative estimate of drug-likeness (QED) is 0.498. The van der Waals surface area contributed by atoms with Crippen LogP contribution in [-0.2, 0) is 0 Å². The Morgan fingerprint density at radius 1 is 1.16 bits per heavy atom. The molecule has 1 aromatic rings. The van der Waals surface area contributed by atoms with E-state index < -0.39 is 0 Å². The molecule has 1 unspecified atom stereocenters. The second-order valence-electron chi connectivity index (χ2n) is 4.85. The standard InChI is InChI=1S/C16H24BrClO/c1-4-7-12(8-5-2)16(18)14-11-13(17)9-10-15(14)19-6-3/h9-12,16H,4-8H2,1-3H3. The highest BCUT2D eigenvalue weighted by atomic mass is 79.9. The highest BCUT2D eigenvalue weighted by molar-refractivity contribution is 9.10. The van der Waals surface area contributed by atoms with E-state index in [1.807, 2.05) is 19.1 Å². The molecular weight excluding hydrogens is 324 g/mol. The van der Waals surface area contributed by atoms with E-state index in [0.717, 1.165) is 15.8 Å². The van der Waals surface area contributed by atoms with Gasteiger partial charge in [-0.25, -0.2) is 0 Å². The first kappa shape index (κ1) is 16.8. The number of ether oxygens (including phenoxy) is 1. The van der Waals surface area contributed by atoms with Crippen LogP contribution in [0.5, 0.6) is 5.75 Å². The smallest absolute Gasteiger partial charge is 0.124 e. The Balaban J connectivity index is 3.00. The van der Waals surface area contributed by atoms with Gasteiger partial charge in [-0.3, -0.25) is 0 Å². The minimum Gasteiger partial charge on any atom is -0.494 e. The summed E-state index contributed by atoms with van der Waals surface area (Å²) < 4.78 is 6.77. The van der Waals surface area contributed by atoms with Crippen LogP contribution < -0.4 is 4.74 Å². The first-order valence-electron chi connectivity index (χ1n) is 7.20. The molecule has 3 heteroatoms. The molecule has 1 atom stereocenters. The molecule has 108 valence electrons. The van der Waals surface area contributed by atoms with Crippen LogP contribution in [0.1, 0.15) is 57.4 Å². The van der Waals surface area contributed by atoms with Gasteiger partial charge >= 0.3 is 0 Å². The molecule has 0 N–H and O–H groups in total. The molecule has 0 saturated heterocycles. The zero-order valence-electron chi connectivity index (χ0n) is 12.1. The van der Waals surface area contributed by atoms with Crippen molar-refractivity contribution in [2.75, 3.05) is 6.61 Å².